The van der Waals surface area contributed by atoms with Gasteiger partial charge in [0.1, 0.15) is 25.9 Å². The summed E-state index contributed by atoms with van der Waals surface area (Å²) in [6, 6.07) is 3.95. The second kappa shape index (κ2) is 11.9. The number of carbonyl (C=O) groups is 1. The minimum Gasteiger partial charge on any atom is -0.744 e. The predicted octanol–water partition coefficient (Wildman–Crippen LogP) is -2.66. The van der Waals surface area contributed by atoms with Crippen molar-refractivity contribution in [1.82, 2.24) is 0 Å². The van der Waals surface area contributed by atoms with E-state index in [0.29, 0.717) is 5.01 Å². The van der Waals surface area contributed by atoms with Crippen molar-refractivity contribution in [1.29, 1.82) is 0 Å². The van der Waals surface area contributed by atoms with Crippen LogP contribution in [0.25, 0.3) is 0 Å². The Hall–Kier alpha value is -0.130. The average molecular weight is 586 g/mol. The third kappa shape index (κ3) is 6.79. The van der Waals surface area contributed by atoms with Crippen LogP contribution in [0.15, 0.2) is 55.5 Å². The zero-order chi connectivity index (χ0) is 24.0. The summed E-state index contributed by atoms with van der Waals surface area (Å²) in [4.78, 5) is 11.5. The first kappa shape index (κ1) is 31.9. The standard InChI is InChI=1S/C16H11Cl3N4O7S2.2Na/c1-7-14(21-20-8-2-4-9(5-3-8)31(25,26)27)16(24)23(22-7)15-12(18)10(17)6-11(13(15)19)32(28,29)30;;/h2-6,14H,1H3,(H,25,26,27)(H,28,29,30);;/q;2*+1/p-2. The molecule has 18 heteroatoms. The van der Waals surface area contributed by atoms with Crippen LogP contribution in [0, 0.1) is 0 Å². The van der Waals surface area contributed by atoms with Crippen LogP contribution >= 0.6 is 34.8 Å². The van der Waals surface area contributed by atoms with Gasteiger partial charge in [0.15, 0.2) is 6.04 Å². The van der Waals surface area contributed by atoms with E-state index in [1.807, 2.05) is 0 Å². The van der Waals surface area contributed by atoms with Gasteiger partial charge in [-0.05, 0) is 37.3 Å². The molecular formula is C16H9Cl3N4Na2O7S2. The van der Waals surface area contributed by atoms with Crippen molar-refractivity contribution in [2.75, 3.05) is 5.01 Å². The first-order valence-electron chi connectivity index (χ1n) is 8.21. The number of rotatable bonds is 5. The van der Waals surface area contributed by atoms with Crippen molar-refractivity contribution < 1.29 is 89.9 Å². The normalized spacial score (nSPS) is 16.3. The summed E-state index contributed by atoms with van der Waals surface area (Å²) in [5.41, 5.74) is -0.159. The molecule has 1 atom stereocenters. The number of hydrogen-bond acceptors (Lipinski definition) is 10. The Morgan fingerprint density at radius 1 is 0.971 bits per heavy atom. The SMILES string of the molecule is CC1=NN(c2c(Cl)c(Cl)cc(S(=O)(=O)[O-])c2Cl)C(=O)C1N=Nc1ccc(S(=O)(=O)[O-])cc1.[Na+].[Na+]. The second-order valence-corrected chi connectivity index (χ2v) is 10.1. The fourth-order valence-corrected chi connectivity index (χ4v) is 4.69. The van der Waals surface area contributed by atoms with Crippen LogP contribution in [-0.2, 0) is 25.0 Å². The number of amides is 1. The number of carbonyl (C=O) groups excluding carboxylic acids is 1. The zero-order valence-electron chi connectivity index (χ0n) is 17.6. The van der Waals surface area contributed by atoms with Gasteiger partial charge in [-0.1, -0.05) is 34.8 Å². The van der Waals surface area contributed by atoms with E-state index in [0.717, 1.165) is 18.2 Å². The van der Waals surface area contributed by atoms with Crippen LogP contribution in [0.1, 0.15) is 6.92 Å². The number of anilines is 1. The molecule has 1 heterocycles. The molecule has 0 saturated heterocycles. The molecule has 0 aromatic heterocycles. The van der Waals surface area contributed by atoms with Gasteiger partial charge in [-0.2, -0.15) is 20.3 Å². The summed E-state index contributed by atoms with van der Waals surface area (Å²) < 4.78 is 67.3. The van der Waals surface area contributed by atoms with Crippen molar-refractivity contribution in [3.8, 4) is 0 Å². The molecule has 1 aliphatic rings. The van der Waals surface area contributed by atoms with E-state index >= 15 is 0 Å². The third-order valence-electron chi connectivity index (χ3n) is 4.09. The Bertz CT molecular complexity index is 1400. The molecule has 0 fully saturated rings. The van der Waals surface area contributed by atoms with Crippen molar-refractivity contribution in [2.45, 2.75) is 22.8 Å². The van der Waals surface area contributed by atoms with Crippen LogP contribution < -0.4 is 64.1 Å². The van der Waals surface area contributed by atoms with E-state index in [9.17, 15) is 30.7 Å². The van der Waals surface area contributed by atoms with E-state index in [1.54, 1.807) is 0 Å². The van der Waals surface area contributed by atoms with Gasteiger partial charge in [-0.3, -0.25) is 4.79 Å². The molecule has 0 spiro atoms. The van der Waals surface area contributed by atoms with Gasteiger partial charge in [-0.25, -0.2) is 16.8 Å². The van der Waals surface area contributed by atoms with Gasteiger partial charge in [-0.15, -0.1) is 0 Å². The molecule has 0 saturated carbocycles. The van der Waals surface area contributed by atoms with Crippen LogP contribution in [0.5, 0.6) is 0 Å². The Morgan fingerprint density at radius 3 is 2.03 bits per heavy atom. The number of azo groups is 1. The molecule has 0 N–H and O–H groups in total. The Morgan fingerprint density at radius 2 is 1.53 bits per heavy atom. The largest absolute Gasteiger partial charge is 1.00 e. The third-order valence-corrected chi connectivity index (χ3v) is 7.07. The number of nitrogens with zero attached hydrogens (tertiary/aromatic N) is 4. The summed E-state index contributed by atoms with van der Waals surface area (Å²) in [5, 5.41) is 11.0. The van der Waals surface area contributed by atoms with Crippen molar-refractivity contribution >= 4 is 78.0 Å². The molecule has 0 bridgehead atoms. The van der Waals surface area contributed by atoms with E-state index in [1.165, 1.54) is 19.1 Å². The molecule has 11 nitrogen and oxygen atoms in total. The minimum atomic E-state index is -5.05. The van der Waals surface area contributed by atoms with E-state index in [4.69, 9.17) is 34.8 Å². The number of benzene rings is 2. The molecule has 34 heavy (non-hydrogen) atoms. The number of hydrogen-bond donors (Lipinski definition) is 0. The fourth-order valence-electron chi connectivity index (χ4n) is 2.59. The fraction of sp³-hybridized carbons (Fsp3) is 0.125. The summed E-state index contributed by atoms with van der Waals surface area (Å²) in [5.74, 6) is -0.828. The number of hydrazone groups is 1. The second-order valence-electron chi connectivity index (χ2n) is 6.24. The molecule has 170 valence electrons. The molecule has 0 radical (unpaired) electrons. The van der Waals surface area contributed by atoms with E-state index in [2.05, 4.69) is 15.3 Å². The van der Waals surface area contributed by atoms with Gasteiger partial charge >= 0.3 is 59.1 Å². The smallest absolute Gasteiger partial charge is 0.744 e. The maximum absolute atomic E-state index is 12.8. The van der Waals surface area contributed by atoms with Gasteiger partial charge in [0.05, 0.1) is 36.3 Å². The minimum absolute atomic E-state index is 0. The van der Waals surface area contributed by atoms with Gasteiger partial charge in [0.2, 0.25) is 0 Å². The summed E-state index contributed by atoms with van der Waals surface area (Å²) >= 11 is 18.0. The van der Waals surface area contributed by atoms with Crippen molar-refractivity contribution in [2.24, 2.45) is 15.3 Å². The van der Waals surface area contributed by atoms with E-state index < -0.39 is 52.7 Å². The Balaban J connectivity index is 0.00000289. The molecule has 0 aliphatic carbocycles. The molecule has 2 aromatic rings. The van der Waals surface area contributed by atoms with Crippen molar-refractivity contribution in [3.05, 3.63) is 45.4 Å². The van der Waals surface area contributed by atoms with Crippen molar-refractivity contribution in [3.63, 3.8) is 0 Å². The van der Waals surface area contributed by atoms with E-state index in [-0.39, 0.29) is 80.6 Å². The average Bonchev–Trinajstić information content (AvgIpc) is 2.95. The maximum Gasteiger partial charge on any atom is 1.00 e. The molecule has 2 aromatic carbocycles. The topological polar surface area (TPSA) is 172 Å². The molecule has 1 unspecified atom stereocenters. The summed E-state index contributed by atoms with van der Waals surface area (Å²) in [6.45, 7) is 1.42. The van der Waals surface area contributed by atoms with Crippen LogP contribution in [0.2, 0.25) is 15.1 Å². The van der Waals surface area contributed by atoms with Crippen LogP contribution in [-0.4, -0.2) is 43.6 Å². The zero-order valence-corrected chi connectivity index (χ0v) is 25.5. The van der Waals surface area contributed by atoms with Crippen LogP contribution in [0.4, 0.5) is 11.4 Å². The molecule has 1 aliphatic heterocycles. The molecule has 1 amide bonds. The quantitative estimate of drug-likeness (QED) is 0.159. The van der Waals surface area contributed by atoms with Gasteiger partial charge < -0.3 is 9.11 Å². The van der Waals surface area contributed by atoms with Gasteiger partial charge in [0.25, 0.3) is 5.91 Å². The summed E-state index contributed by atoms with van der Waals surface area (Å²) in [6.07, 6.45) is 0. The monoisotopic (exact) mass is 584 g/mol. The first-order chi connectivity index (χ1) is 14.7. The van der Waals surface area contributed by atoms with Crippen LogP contribution in [0.3, 0.4) is 0 Å². The Labute approximate surface area is 253 Å². The Kier molecular flexibility index (Phi) is 11.2. The summed E-state index contributed by atoms with van der Waals surface area (Å²) in [7, 11) is -9.68. The molecular weight excluding hydrogens is 577 g/mol. The maximum atomic E-state index is 12.8. The molecule has 3 rings (SSSR count). The predicted molar refractivity (Wildman–Crippen MR) is 113 cm³/mol. The van der Waals surface area contributed by atoms with Gasteiger partial charge in [0, 0.05) is 0 Å². The number of halogens is 3. The first-order valence-corrected chi connectivity index (χ1v) is 12.2.